The Labute approximate surface area is 155 Å². The molecule has 134 valence electrons. The Balaban J connectivity index is 1.70. The molecule has 27 heavy (non-hydrogen) atoms. The number of aromatic nitrogens is 3. The Morgan fingerprint density at radius 3 is 2.67 bits per heavy atom. The van der Waals surface area contributed by atoms with Crippen LogP contribution in [0, 0.1) is 0 Å². The van der Waals surface area contributed by atoms with Gasteiger partial charge in [-0.1, -0.05) is 29.5 Å². The number of ether oxygens (including phenoxy) is 1. The largest absolute Gasteiger partial charge is 0.504 e. The van der Waals surface area contributed by atoms with Gasteiger partial charge in [0.25, 0.3) is 0 Å². The van der Waals surface area contributed by atoms with Crippen molar-refractivity contribution >= 4 is 16.8 Å². The van der Waals surface area contributed by atoms with Crippen LogP contribution < -0.4 is 4.74 Å². The third kappa shape index (κ3) is 3.13. The van der Waals surface area contributed by atoms with Gasteiger partial charge in [0, 0.05) is 11.1 Å². The molecule has 0 radical (unpaired) electrons. The Hall–Kier alpha value is -3.67. The highest BCUT2D eigenvalue weighted by Crippen LogP contribution is 2.28. The third-order valence-corrected chi connectivity index (χ3v) is 4.23. The maximum absolute atomic E-state index is 12.9. The number of hydrogen-bond donors (Lipinski definition) is 1. The highest BCUT2D eigenvalue weighted by molar-refractivity contribution is 6.09. The predicted octanol–water partition coefficient (Wildman–Crippen LogP) is 3.76. The number of nitrogens with zero attached hydrogens (tertiary/aromatic N) is 3. The molecule has 0 atom stereocenters. The Kier molecular flexibility index (Phi) is 4.30. The van der Waals surface area contributed by atoms with Gasteiger partial charge >= 0.3 is 0 Å². The summed E-state index contributed by atoms with van der Waals surface area (Å²) in [6, 6.07) is 19.5. The van der Waals surface area contributed by atoms with Gasteiger partial charge in [0.2, 0.25) is 0 Å². The van der Waals surface area contributed by atoms with Gasteiger partial charge in [0.15, 0.2) is 17.3 Å². The van der Waals surface area contributed by atoms with Crippen LogP contribution in [-0.4, -0.2) is 32.5 Å². The van der Waals surface area contributed by atoms with Crippen molar-refractivity contribution in [2.24, 2.45) is 0 Å². The zero-order chi connectivity index (χ0) is 18.8. The summed E-state index contributed by atoms with van der Waals surface area (Å²) in [7, 11) is 0. The maximum atomic E-state index is 12.9. The van der Waals surface area contributed by atoms with Gasteiger partial charge in [-0.05, 0) is 49.4 Å². The van der Waals surface area contributed by atoms with Crippen LogP contribution in [-0.2, 0) is 0 Å². The van der Waals surface area contributed by atoms with E-state index >= 15 is 0 Å². The number of phenols is 1. The molecule has 0 unspecified atom stereocenters. The molecule has 0 aliphatic rings. The quantitative estimate of drug-likeness (QED) is 0.549. The summed E-state index contributed by atoms with van der Waals surface area (Å²) in [5.74, 6) is 0.109. The summed E-state index contributed by atoms with van der Waals surface area (Å²) < 4.78 is 7.00. The lowest BCUT2D eigenvalue weighted by molar-refractivity contribution is 0.103. The molecule has 0 aliphatic heterocycles. The molecule has 1 N–H and O–H groups in total. The minimum Gasteiger partial charge on any atom is -0.504 e. The van der Waals surface area contributed by atoms with Crippen LogP contribution in [0.1, 0.15) is 22.8 Å². The van der Waals surface area contributed by atoms with Gasteiger partial charge in [0.05, 0.1) is 17.8 Å². The fraction of sp³-hybridized carbons (Fsp3) is 0.0952. The number of carbonyl (C=O) groups is 1. The van der Waals surface area contributed by atoms with E-state index in [2.05, 4.69) is 10.3 Å². The first-order valence-electron chi connectivity index (χ1n) is 8.59. The van der Waals surface area contributed by atoms with E-state index in [1.165, 1.54) is 6.07 Å². The highest BCUT2D eigenvalue weighted by atomic mass is 16.5. The summed E-state index contributed by atoms with van der Waals surface area (Å²) in [6.07, 6.45) is 0. The molecule has 6 heteroatoms. The van der Waals surface area contributed by atoms with Gasteiger partial charge in [-0.15, -0.1) is 5.10 Å². The minimum absolute atomic E-state index is 0.0545. The van der Waals surface area contributed by atoms with Gasteiger partial charge < -0.3 is 9.84 Å². The molecule has 1 aromatic heterocycles. The van der Waals surface area contributed by atoms with Crippen LogP contribution in [0.5, 0.6) is 11.5 Å². The van der Waals surface area contributed by atoms with E-state index in [0.717, 1.165) is 16.7 Å². The molecular formula is C21H17N3O3. The molecule has 0 bridgehead atoms. The van der Waals surface area contributed by atoms with Crippen molar-refractivity contribution in [2.75, 3.05) is 6.61 Å². The summed E-state index contributed by atoms with van der Waals surface area (Å²) in [4.78, 5) is 12.9. The minimum atomic E-state index is -0.195. The number of ketones is 1. The monoisotopic (exact) mass is 359 g/mol. The number of rotatable bonds is 5. The van der Waals surface area contributed by atoms with E-state index in [1.54, 1.807) is 35.0 Å². The van der Waals surface area contributed by atoms with Crippen molar-refractivity contribution in [2.45, 2.75) is 6.92 Å². The smallest absolute Gasteiger partial charge is 0.193 e. The normalized spacial score (nSPS) is 10.9. The lowest BCUT2D eigenvalue weighted by atomic mass is 10.0. The van der Waals surface area contributed by atoms with Crippen LogP contribution in [0.25, 0.3) is 16.7 Å². The van der Waals surface area contributed by atoms with Gasteiger partial charge in [0.1, 0.15) is 5.52 Å². The number of phenolic OH excluding ortho intramolecular Hbond substituents is 1. The Morgan fingerprint density at radius 2 is 1.85 bits per heavy atom. The third-order valence-electron chi connectivity index (χ3n) is 4.23. The van der Waals surface area contributed by atoms with E-state index in [-0.39, 0.29) is 11.5 Å². The van der Waals surface area contributed by atoms with Crippen molar-refractivity contribution < 1.29 is 14.6 Å². The van der Waals surface area contributed by atoms with Gasteiger partial charge in [-0.3, -0.25) is 4.79 Å². The Morgan fingerprint density at radius 1 is 1.04 bits per heavy atom. The van der Waals surface area contributed by atoms with Crippen molar-refractivity contribution in [3.8, 4) is 17.2 Å². The lowest BCUT2D eigenvalue weighted by Gasteiger charge is -2.08. The first kappa shape index (κ1) is 16.8. The zero-order valence-corrected chi connectivity index (χ0v) is 14.7. The molecular weight excluding hydrogens is 342 g/mol. The zero-order valence-electron chi connectivity index (χ0n) is 14.7. The fourth-order valence-corrected chi connectivity index (χ4v) is 2.94. The molecule has 0 saturated heterocycles. The lowest BCUT2D eigenvalue weighted by Crippen LogP contribution is -2.04. The topological polar surface area (TPSA) is 77.2 Å². The first-order valence-corrected chi connectivity index (χ1v) is 8.59. The summed E-state index contributed by atoms with van der Waals surface area (Å²) in [5.41, 5.74) is 3.27. The molecule has 0 spiro atoms. The standard InChI is InChI=1S/C21H17N3O3/c1-2-27-20-11-10-15(13-19(20)25)21(26)14-6-5-7-16(12-14)24-18-9-4-3-8-17(18)22-23-24/h3-13,25H,2H2,1H3. The molecule has 4 rings (SSSR count). The van der Waals surface area contributed by atoms with Crippen molar-refractivity contribution in [3.05, 3.63) is 77.9 Å². The molecule has 0 fully saturated rings. The highest BCUT2D eigenvalue weighted by Gasteiger charge is 2.14. The average molecular weight is 359 g/mol. The number of carbonyl (C=O) groups excluding carboxylic acids is 1. The van der Waals surface area contributed by atoms with Crippen LogP contribution in [0.2, 0.25) is 0 Å². The molecule has 0 saturated carbocycles. The number of fused-ring (bicyclic) bond motifs is 1. The molecule has 3 aromatic carbocycles. The van der Waals surface area contributed by atoms with Crippen molar-refractivity contribution in [1.82, 2.24) is 15.0 Å². The second-order valence-corrected chi connectivity index (χ2v) is 5.98. The number of para-hydroxylation sites is 1. The molecule has 0 amide bonds. The number of hydrogen-bond acceptors (Lipinski definition) is 5. The molecule has 4 aromatic rings. The summed E-state index contributed by atoms with van der Waals surface area (Å²) in [6.45, 7) is 2.27. The van der Waals surface area contributed by atoms with Gasteiger partial charge in [-0.2, -0.15) is 0 Å². The SMILES string of the molecule is CCOc1ccc(C(=O)c2cccc(-n3nnc4ccccc43)c2)cc1O. The number of benzene rings is 3. The predicted molar refractivity (Wildman–Crippen MR) is 102 cm³/mol. The molecule has 1 heterocycles. The van der Waals surface area contributed by atoms with E-state index in [1.807, 2.05) is 37.3 Å². The summed E-state index contributed by atoms with van der Waals surface area (Å²) in [5, 5.41) is 18.4. The number of aromatic hydroxyl groups is 1. The van der Waals surface area contributed by atoms with Crippen molar-refractivity contribution in [1.29, 1.82) is 0 Å². The molecule has 0 aliphatic carbocycles. The summed E-state index contributed by atoms with van der Waals surface area (Å²) >= 11 is 0. The van der Waals surface area contributed by atoms with Crippen LogP contribution in [0.15, 0.2) is 66.7 Å². The fourth-order valence-electron chi connectivity index (χ4n) is 2.94. The van der Waals surface area contributed by atoms with E-state index < -0.39 is 0 Å². The second-order valence-electron chi connectivity index (χ2n) is 5.98. The van der Waals surface area contributed by atoms with Crippen LogP contribution in [0.3, 0.4) is 0 Å². The Bertz CT molecular complexity index is 1130. The average Bonchev–Trinajstić information content (AvgIpc) is 3.13. The second kappa shape index (κ2) is 6.92. The van der Waals surface area contributed by atoms with E-state index in [9.17, 15) is 9.90 Å². The van der Waals surface area contributed by atoms with Crippen LogP contribution in [0.4, 0.5) is 0 Å². The first-order chi connectivity index (χ1) is 13.2. The van der Waals surface area contributed by atoms with E-state index in [0.29, 0.717) is 23.5 Å². The van der Waals surface area contributed by atoms with Crippen LogP contribution >= 0.6 is 0 Å². The molecule has 6 nitrogen and oxygen atoms in total. The van der Waals surface area contributed by atoms with Crippen molar-refractivity contribution in [3.63, 3.8) is 0 Å². The van der Waals surface area contributed by atoms with Gasteiger partial charge in [-0.25, -0.2) is 4.68 Å². The van der Waals surface area contributed by atoms with E-state index in [4.69, 9.17) is 4.74 Å². The maximum Gasteiger partial charge on any atom is 0.193 e.